The van der Waals surface area contributed by atoms with Crippen LogP contribution in [0.1, 0.15) is 55.6 Å². The first-order valence-corrected chi connectivity index (χ1v) is 9.36. The molecule has 0 aliphatic heterocycles. The van der Waals surface area contributed by atoms with Crippen molar-refractivity contribution in [1.29, 1.82) is 0 Å². The maximum atomic E-state index is 12.5. The van der Waals surface area contributed by atoms with Crippen LogP contribution in [0.3, 0.4) is 0 Å². The highest BCUT2D eigenvalue weighted by molar-refractivity contribution is 6.09. The van der Waals surface area contributed by atoms with Gasteiger partial charge in [0.05, 0.1) is 0 Å². The lowest BCUT2D eigenvalue weighted by atomic mass is 10.0. The third kappa shape index (κ3) is 9.83. The van der Waals surface area contributed by atoms with Crippen LogP contribution in [0.2, 0.25) is 0 Å². The number of carbonyl (C=O) groups is 2. The maximum Gasteiger partial charge on any atom is 0.408 e. The Hall–Kier alpha value is -3.30. The van der Waals surface area contributed by atoms with Gasteiger partial charge in [0.1, 0.15) is 17.1 Å². The van der Waals surface area contributed by atoms with Crippen LogP contribution in [0, 0.1) is 0 Å². The third-order valence-electron chi connectivity index (χ3n) is 4.11. The molecule has 0 aliphatic rings. The van der Waals surface area contributed by atoms with E-state index in [1.807, 2.05) is 5.32 Å². The summed E-state index contributed by atoms with van der Waals surface area (Å²) in [6.07, 6.45) is 0.0577. The molecule has 1 amide bonds. The summed E-state index contributed by atoms with van der Waals surface area (Å²) in [5.74, 6) is -1.19. The zero-order valence-electron chi connectivity index (χ0n) is 17.1. The van der Waals surface area contributed by atoms with Crippen molar-refractivity contribution in [2.24, 2.45) is 0 Å². The Balaban J connectivity index is 2.81. The van der Waals surface area contributed by atoms with Crippen LogP contribution in [0.4, 0.5) is 18.0 Å². The number of hydrogen-bond acceptors (Lipinski definition) is 5. The van der Waals surface area contributed by atoms with Crippen LogP contribution in [0.5, 0.6) is 5.75 Å². The second kappa shape index (κ2) is 11.8. The fourth-order valence-corrected chi connectivity index (χ4v) is 2.43. The maximum absolute atomic E-state index is 12.5. The van der Waals surface area contributed by atoms with E-state index in [2.05, 4.69) is 0 Å². The smallest absolute Gasteiger partial charge is 0.408 e. The Bertz CT molecular complexity index is 941. The quantitative estimate of drug-likeness (QED) is 0.206. The summed E-state index contributed by atoms with van der Waals surface area (Å²) < 4.78 is 41.8. The minimum Gasteiger partial charge on any atom is -0.507 e. The fraction of sp³-hybridized carbons (Fsp3) is 0.381. The number of ketones is 1. The summed E-state index contributed by atoms with van der Waals surface area (Å²) >= 11 is 0. The Morgan fingerprint density at radius 1 is 1.23 bits per heavy atom. The predicted molar refractivity (Wildman–Crippen MR) is 107 cm³/mol. The highest BCUT2D eigenvalue weighted by Gasteiger charge is 2.26. The number of alkyl halides is 3. The second-order valence-electron chi connectivity index (χ2n) is 6.81. The van der Waals surface area contributed by atoms with Crippen LogP contribution in [-0.4, -0.2) is 28.3 Å². The first kappa shape index (κ1) is 25.7. The SMILES string of the molecule is CC(=CC=C(C)C(=O)c1c(O)cc(CCCC=CNC(=O)O)oc1=O)CCC(F)(F)F. The number of unbranched alkanes of at least 4 members (excludes halogenated alkanes) is 1. The molecule has 7 nitrogen and oxygen atoms in total. The van der Waals surface area contributed by atoms with E-state index in [0.29, 0.717) is 18.4 Å². The van der Waals surface area contributed by atoms with Crippen LogP contribution in [-0.2, 0) is 6.42 Å². The number of allylic oxidation sites excluding steroid dienone is 5. The number of nitrogens with one attached hydrogen (secondary N) is 1. The number of amides is 1. The molecule has 1 aromatic rings. The van der Waals surface area contributed by atoms with Crippen molar-refractivity contribution in [3.8, 4) is 5.75 Å². The topological polar surface area (TPSA) is 117 Å². The van der Waals surface area contributed by atoms with E-state index in [9.17, 15) is 32.7 Å². The Morgan fingerprint density at radius 3 is 2.48 bits per heavy atom. The van der Waals surface area contributed by atoms with Gasteiger partial charge in [0, 0.05) is 25.1 Å². The summed E-state index contributed by atoms with van der Waals surface area (Å²) in [6.45, 7) is 2.87. The molecule has 0 saturated carbocycles. The van der Waals surface area contributed by atoms with Crippen LogP contribution < -0.4 is 10.9 Å². The van der Waals surface area contributed by atoms with Gasteiger partial charge >= 0.3 is 17.9 Å². The van der Waals surface area contributed by atoms with Crippen LogP contribution in [0.25, 0.3) is 0 Å². The average molecular weight is 443 g/mol. The number of rotatable bonds is 10. The molecule has 31 heavy (non-hydrogen) atoms. The van der Waals surface area contributed by atoms with Gasteiger partial charge in [-0.1, -0.05) is 23.8 Å². The summed E-state index contributed by atoms with van der Waals surface area (Å²) in [6, 6.07) is 1.16. The highest BCUT2D eigenvalue weighted by atomic mass is 19.4. The van der Waals surface area contributed by atoms with Crippen LogP contribution in [0.15, 0.2) is 50.9 Å². The van der Waals surface area contributed by atoms with Crippen molar-refractivity contribution in [3.63, 3.8) is 0 Å². The molecule has 0 spiro atoms. The molecule has 1 rings (SSSR count). The minimum atomic E-state index is -4.28. The lowest BCUT2D eigenvalue weighted by molar-refractivity contribution is -0.133. The summed E-state index contributed by atoms with van der Waals surface area (Å²) in [4.78, 5) is 34.9. The Morgan fingerprint density at radius 2 is 1.90 bits per heavy atom. The van der Waals surface area contributed by atoms with Crippen molar-refractivity contribution in [3.05, 3.63) is 63.4 Å². The number of carboxylic acid groups (broad SMARTS) is 1. The highest BCUT2D eigenvalue weighted by Crippen LogP contribution is 2.24. The molecule has 0 aliphatic carbocycles. The average Bonchev–Trinajstić information content (AvgIpc) is 2.65. The van der Waals surface area contributed by atoms with Crippen molar-refractivity contribution in [1.82, 2.24) is 5.32 Å². The molecule has 0 unspecified atom stereocenters. The zero-order chi connectivity index (χ0) is 23.6. The standard InChI is InChI=1S/C21H24F3NO6/c1-13(9-10-21(22,23)24)7-8-14(2)18(27)17-16(26)12-15(31-19(17)28)6-4-3-5-11-25-20(29)30/h5,7-8,11-12,25-26H,3-4,6,9-10H2,1-2H3,(H,29,30). The minimum absolute atomic E-state index is 0.0535. The summed E-state index contributed by atoms with van der Waals surface area (Å²) in [5, 5.41) is 20.6. The van der Waals surface area contributed by atoms with E-state index in [1.165, 1.54) is 32.2 Å². The number of aromatic hydroxyl groups is 1. The third-order valence-corrected chi connectivity index (χ3v) is 4.11. The molecule has 0 aromatic carbocycles. The molecular formula is C21H24F3NO6. The summed E-state index contributed by atoms with van der Waals surface area (Å²) in [7, 11) is 0. The van der Waals surface area contributed by atoms with Gasteiger partial charge in [0.25, 0.3) is 0 Å². The molecule has 1 aromatic heterocycles. The number of aryl methyl sites for hydroxylation is 1. The molecule has 0 bridgehead atoms. The van der Waals surface area contributed by atoms with Gasteiger partial charge in [0.2, 0.25) is 0 Å². The van der Waals surface area contributed by atoms with Gasteiger partial charge in [-0.05, 0) is 38.7 Å². The van der Waals surface area contributed by atoms with Gasteiger partial charge in [-0.2, -0.15) is 13.2 Å². The molecule has 0 saturated heterocycles. The predicted octanol–water partition coefficient (Wildman–Crippen LogP) is 4.87. The largest absolute Gasteiger partial charge is 0.507 e. The summed E-state index contributed by atoms with van der Waals surface area (Å²) in [5.41, 5.74) is -1.11. The van der Waals surface area contributed by atoms with Gasteiger partial charge in [0.15, 0.2) is 5.78 Å². The molecule has 0 radical (unpaired) electrons. The van der Waals surface area contributed by atoms with E-state index in [1.54, 1.807) is 6.08 Å². The number of carbonyl (C=O) groups excluding carboxylic acids is 1. The lowest BCUT2D eigenvalue weighted by Gasteiger charge is -2.06. The fourth-order valence-electron chi connectivity index (χ4n) is 2.43. The molecule has 1 heterocycles. The Labute approximate surface area is 176 Å². The molecule has 10 heteroatoms. The second-order valence-corrected chi connectivity index (χ2v) is 6.81. The molecule has 0 atom stereocenters. The van der Waals surface area contributed by atoms with Gasteiger partial charge in [-0.15, -0.1) is 0 Å². The van der Waals surface area contributed by atoms with E-state index >= 15 is 0 Å². The molecule has 3 N–H and O–H groups in total. The molecule has 0 fully saturated rings. The monoisotopic (exact) mass is 443 g/mol. The van der Waals surface area contributed by atoms with Crippen molar-refractivity contribution in [2.45, 2.75) is 52.1 Å². The van der Waals surface area contributed by atoms with Crippen molar-refractivity contribution < 1.29 is 37.4 Å². The normalized spacial score (nSPS) is 12.9. The van der Waals surface area contributed by atoms with E-state index in [-0.39, 0.29) is 24.2 Å². The number of Topliss-reactive ketones (excluding diaryl/α,β-unsaturated/α-hetero) is 1. The molecular weight excluding hydrogens is 419 g/mol. The first-order valence-electron chi connectivity index (χ1n) is 9.36. The Kier molecular flexibility index (Phi) is 9.78. The van der Waals surface area contributed by atoms with Gasteiger partial charge in [-0.3, -0.25) is 10.1 Å². The zero-order valence-corrected chi connectivity index (χ0v) is 17.1. The van der Waals surface area contributed by atoms with Gasteiger partial charge < -0.3 is 14.6 Å². The van der Waals surface area contributed by atoms with Crippen molar-refractivity contribution >= 4 is 11.9 Å². The molecule has 170 valence electrons. The van der Waals surface area contributed by atoms with Crippen LogP contribution >= 0.6 is 0 Å². The number of hydrogen-bond donors (Lipinski definition) is 3. The number of halogens is 3. The van der Waals surface area contributed by atoms with E-state index < -0.39 is 41.4 Å². The van der Waals surface area contributed by atoms with E-state index in [4.69, 9.17) is 9.52 Å². The lowest BCUT2D eigenvalue weighted by Crippen LogP contribution is -2.16. The first-order chi connectivity index (χ1) is 14.4. The van der Waals surface area contributed by atoms with E-state index in [0.717, 1.165) is 6.07 Å². The van der Waals surface area contributed by atoms with Gasteiger partial charge in [-0.25, -0.2) is 9.59 Å². The van der Waals surface area contributed by atoms with Crippen molar-refractivity contribution in [2.75, 3.05) is 0 Å².